The predicted molar refractivity (Wildman–Crippen MR) is 70.7 cm³/mol. The molecule has 104 valence electrons. The van der Waals surface area contributed by atoms with Crippen molar-refractivity contribution < 1.29 is 18.4 Å². The smallest absolute Gasteiger partial charge is 0.264 e. The maximum atomic E-state index is 13.9. The van der Waals surface area contributed by atoms with Crippen LogP contribution in [0.1, 0.15) is 47.3 Å². The molecule has 0 bridgehead atoms. The van der Waals surface area contributed by atoms with E-state index in [-0.39, 0.29) is 16.5 Å². The van der Waals surface area contributed by atoms with E-state index in [9.17, 15) is 18.4 Å². The van der Waals surface area contributed by atoms with Gasteiger partial charge in [-0.3, -0.25) is 9.59 Å². The first-order valence-corrected chi connectivity index (χ1v) is 6.61. The lowest BCUT2D eigenvalue weighted by atomic mass is 9.71. The second kappa shape index (κ2) is 4.08. The van der Waals surface area contributed by atoms with E-state index in [1.54, 1.807) is 6.07 Å². The number of rotatable bonds is 0. The summed E-state index contributed by atoms with van der Waals surface area (Å²) in [4.78, 5) is 23.6. The number of benzene rings is 1. The lowest BCUT2D eigenvalue weighted by Gasteiger charge is -2.33. The van der Waals surface area contributed by atoms with Crippen LogP contribution in [0.25, 0.3) is 5.83 Å². The third kappa shape index (κ3) is 1.74. The summed E-state index contributed by atoms with van der Waals surface area (Å²) in [5, 5.41) is 0. The molecule has 4 heteroatoms. The average Bonchev–Trinajstić information content (AvgIpc) is 2.40. The van der Waals surface area contributed by atoms with E-state index in [1.807, 2.05) is 0 Å². The van der Waals surface area contributed by atoms with Gasteiger partial charge in [-0.2, -0.15) is 4.39 Å². The molecule has 0 saturated carbocycles. The van der Waals surface area contributed by atoms with Gasteiger partial charge in [0, 0.05) is 11.1 Å². The maximum absolute atomic E-state index is 13.9. The van der Waals surface area contributed by atoms with Gasteiger partial charge >= 0.3 is 0 Å². The zero-order valence-corrected chi connectivity index (χ0v) is 11.3. The minimum absolute atomic E-state index is 0.0123. The molecule has 1 aromatic carbocycles. The Morgan fingerprint density at radius 1 is 1.05 bits per heavy atom. The monoisotopic (exact) mass is 276 g/mol. The van der Waals surface area contributed by atoms with Gasteiger partial charge in [-0.05, 0) is 35.8 Å². The Hall–Kier alpha value is -1.84. The molecule has 0 unspecified atom stereocenters. The van der Waals surface area contributed by atoms with Crippen molar-refractivity contribution >= 4 is 17.4 Å². The molecule has 0 spiro atoms. The summed E-state index contributed by atoms with van der Waals surface area (Å²) in [6.45, 7) is 4.13. The molecular formula is C16H14F2O2. The van der Waals surface area contributed by atoms with E-state index in [0.29, 0.717) is 12.0 Å². The topological polar surface area (TPSA) is 34.1 Å². The number of aryl methyl sites for hydroxylation is 1. The van der Waals surface area contributed by atoms with Crippen LogP contribution in [0.2, 0.25) is 0 Å². The third-order valence-corrected chi connectivity index (χ3v) is 4.20. The molecule has 0 N–H and O–H groups in total. The molecular weight excluding hydrogens is 262 g/mol. The minimum Gasteiger partial charge on any atom is -0.285 e. The number of Topliss-reactive ketones (excluding diaryl/α,β-unsaturated/α-hetero) is 2. The molecule has 0 aliphatic heterocycles. The summed E-state index contributed by atoms with van der Waals surface area (Å²) in [5.41, 5.74) is 1.64. The van der Waals surface area contributed by atoms with Crippen molar-refractivity contribution in [2.75, 3.05) is 0 Å². The second-order valence-corrected chi connectivity index (χ2v) is 6.25. The van der Waals surface area contributed by atoms with Crippen LogP contribution >= 0.6 is 0 Å². The third-order valence-electron chi connectivity index (χ3n) is 4.20. The molecule has 0 heterocycles. The van der Waals surface area contributed by atoms with Gasteiger partial charge in [-0.1, -0.05) is 26.0 Å². The Kier molecular flexibility index (Phi) is 2.68. The summed E-state index contributed by atoms with van der Waals surface area (Å²) in [6.07, 6.45) is 2.35. The van der Waals surface area contributed by atoms with Crippen molar-refractivity contribution in [2.24, 2.45) is 5.41 Å². The molecule has 0 amide bonds. The van der Waals surface area contributed by atoms with Crippen molar-refractivity contribution in [3.8, 4) is 0 Å². The Morgan fingerprint density at radius 3 is 2.45 bits per heavy atom. The van der Waals surface area contributed by atoms with Crippen LogP contribution in [0.15, 0.2) is 18.0 Å². The van der Waals surface area contributed by atoms with Gasteiger partial charge < -0.3 is 0 Å². The van der Waals surface area contributed by atoms with Crippen molar-refractivity contribution in [2.45, 2.75) is 33.1 Å². The Labute approximate surface area is 115 Å². The van der Waals surface area contributed by atoms with E-state index in [0.717, 1.165) is 18.4 Å². The van der Waals surface area contributed by atoms with Gasteiger partial charge in [0.2, 0.25) is 11.6 Å². The Bertz CT molecular complexity index is 684. The maximum Gasteiger partial charge on any atom is 0.264 e. The van der Waals surface area contributed by atoms with E-state index >= 15 is 0 Å². The van der Waals surface area contributed by atoms with Gasteiger partial charge in [0.05, 0.1) is 0 Å². The molecule has 1 aromatic rings. The lowest BCUT2D eigenvalue weighted by molar-refractivity contribution is -0.113. The molecule has 20 heavy (non-hydrogen) atoms. The summed E-state index contributed by atoms with van der Waals surface area (Å²) in [6, 6.07) is 3.14. The van der Waals surface area contributed by atoms with Gasteiger partial charge in [-0.25, -0.2) is 4.39 Å². The number of hydrogen-bond donors (Lipinski definition) is 0. The van der Waals surface area contributed by atoms with Crippen LogP contribution in [-0.2, 0) is 17.6 Å². The fourth-order valence-corrected chi connectivity index (χ4v) is 3.04. The number of carbonyl (C=O) groups excluding carboxylic acids is 2. The van der Waals surface area contributed by atoms with Crippen LogP contribution in [0.3, 0.4) is 0 Å². The summed E-state index contributed by atoms with van der Waals surface area (Å²) in [5.74, 6) is -5.08. The average molecular weight is 276 g/mol. The highest BCUT2D eigenvalue weighted by molar-refractivity contribution is 6.51. The van der Waals surface area contributed by atoms with Crippen LogP contribution in [-0.4, -0.2) is 11.6 Å². The van der Waals surface area contributed by atoms with Crippen LogP contribution in [0.5, 0.6) is 0 Å². The van der Waals surface area contributed by atoms with Gasteiger partial charge in [0.25, 0.3) is 5.78 Å². The largest absolute Gasteiger partial charge is 0.285 e. The van der Waals surface area contributed by atoms with Crippen molar-refractivity contribution in [3.05, 3.63) is 40.2 Å². The summed E-state index contributed by atoms with van der Waals surface area (Å²) < 4.78 is 27.3. The molecule has 0 fully saturated rings. The lowest BCUT2D eigenvalue weighted by Crippen LogP contribution is -2.29. The van der Waals surface area contributed by atoms with Crippen LogP contribution in [0, 0.1) is 5.41 Å². The molecule has 0 radical (unpaired) electrons. The standard InChI is InChI=1S/C16H14F2O2/c1-16(2)6-5-8-3-4-9-11(10(8)7-16)14(19)15(20)13(18)12(9)17/h3-4H,5-7H2,1-2H3. The van der Waals surface area contributed by atoms with Gasteiger partial charge in [0.1, 0.15) is 0 Å². The van der Waals surface area contributed by atoms with E-state index in [2.05, 4.69) is 13.8 Å². The fraction of sp³-hybridized carbons (Fsp3) is 0.375. The van der Waals surface area contributed by atoms with E-state index in [4.69, 9.17) is 0 Å². The summed E-state index contributed by atoms with van der Waals surface area (Å²) in [7, 11) is 0. The zero-order valence-electron chi connectivity index (χ0n) is 11.3. The number of ketones is 2. The van der Waals surface area contributed by atoms with Crippen LogP contribution in [0.4, 0.5) is 8.78 Å². The molecule has 2 aliphatic rings. The van der Waals surface area contributed by atoms with Crippen molar-refractivity contribution in [3.63, 3.8) is 0 Å². The van der Waals surface area contributed by atoms with E-state index < -0.39 is 23.2 Å². The molecule has 3 rings (SSSR count). The highest BCUT2D eigenvalue weighted by Gasteiger charge is 2.38. The Balaban J connectivity index is 2.29. The molecule has 2 aliphatic carbocycles. The van der Waals surface area contributed by atoms with Gasteiger partial charge in [-0.15, -0.1) is 0 Å². The number of carbonyl (C=O) groups is 2. The molecule has 0 aromatic heterocycles. The first-order chi connectivity index (χ1) is 9.32. The minimum atomic E-state index is -1.57. The normalized spacial score (nSPS) is 20.8. The summed E-state index contributed by atoms with van der Waals surface area (Å²) >= 11 is 0. The second-order valence-electron chi connectivity index (χ2n) is 6.25. The SMILES string of the molecule is CC1(C)CCc2ccc3c(c2C1)C(=O)C(=O)C(F)=C3F. The van der Waals surface area contributed by atoms with Crippen molar-refractivity contribution in [1.29, 1.82) is 0 Å². The highest BCUT2D eigenvalue weighted by atomic mass is 19.2. The first kappa shape index (κ1) is 13.2. The highest BCUT2D eigenvalue weighted by Crippen LogP contribution is 2.41. The zero-order chi connectivity index (χ0) is 14.7. The molecule has 0 atom stereocenters. The first-order valence-electron chi connectivity index (χ1n) is 6.61. The van der Waals surface area contributed by atoms with Crippen LogP contribution < -0.4 is 0 Å². The number of hydrogen-bond acceptors (Lipinski definition) is 2. The molecule has 2 nitrogen and oxygen atoms in total. The number of halogens is 2. The predicted octanol–water partition coefficient (Wildman–Crippen LogP) is 3.57. The quantitative estimate of drug-likeness (QED) is 0.679. The molecule has 0 saturated heterocycles. The fourth-order valence-electron chi connectivity index (χ4n) is 3.04. The number of fused-ring (bicyclic) bond motifs is 3. The number of allylic oxidation sites excluding steroid dienone is 1. The van der Waals surface area contributed by atoms with E-state index in [1.165, 1.54) is 6.07 Å². The van der Waals surface area contributed by atoms with Gasteiger partial charge in [0.15, 0.2) is 5.83 Å². The Morgan fingerprint density at radius 2 is 1.75 bits per heavy atom. The van der Waals surface area contributed by atoms with Crippen molar-refractivity contribution in [1.82, 2.24) is 0 Å².